The van der Waals surface area contributed by atoms with E-state index in [2.05, 4.69) is 20.3 Å². The van der Waals surface area contributed by atoms with Crippen LogP contribution >= 0.6 is 0 Å². The number of aryl methyl sites for hydroxylation is 1. The molecule has 0 saturated carbocycles. The van der Waals surface area contributed by atoms with Gasteiger partial charge in [0.1, 0.15) is 5.69 Å². The molecule has 0 fully saturated rings. The maximum absolute atomic E-state index is 13.2. The topological polar surface area (TPSA) is 50.7 Å². The molecule has 21 heavy (non-hydrogen) atoms. The van der Waals surface area contributed by atoms with Gasteiger partial charge in [-0.05, 0) is 37.6 Å². The van der Waals surface area contributed by atoms with Crippen LogP contribution in [0.25, 0.3) is 11.5 Å². The fourth-order valence-corrected chi connectivity index (χ4v) is 2.37. The van der Waals surface area contributed by atoms with E-state index in [0.717, 1.165) is 5.56 Å². The molecule has 3 heterocycles. The molecule has 0 aromatic carbocycles. The summed E-state index contributed by atoms with van der Waals surface area (Å²) in [5.41, 5.74) is 1.01. The minimum atomic E-state index is -4.48. The summed E-state index contributed by atoms with van der Waals surface area (Å²) in [6.45, 7) is 2.66. The third kappa shape index (κ3) is 2.73. The van der Waals surface area contributed by atoms with E-state index in [9.17, 15) is 13.2 Å². The molecule has 0 amide bonds. The van der Waals surface area contributed by atoms with Crippen LogP contribution in [0.15, 0.2) is 18.3 Å². The summed E-state index contributed by atoms with van der Waals surface area (Å²) in [5.74, 6) is 0.0217. The van der Waals surface area contributed by atoms with Crippen LogP contribution in [-0.2, 0) is 19.1 Å². The lowest BCUT2D eigenvalue weighted by Crippen LogP contribution is -2.29. The molecule has 0 atom stereocenters. The van der Waals surface area contributed by atoms with Crippen molar-refractivity contribution >= 4 is 0 Å². The summed E-state index contributed by atoms with van der Waals surface area (Å²) in [6.07, 6.45) is -2.66. The van der Waals surface area contributed by atoms with Gasteiger partial charge in [-0.1, -0.05) is 0 Å². The van der Waals surface area contributed by atoms with Gasteiger partial charge in [0.05, 0.1) is 5.69 Å². The van der Waals surface area contributed by atoms with Gasteiger partial charge in [-0.3, -0.25) is 4.98 Å². The van der Waals surface area contributed by atoms with Gasteiger partial charge >= 0.3 is 6.18 Å². The Morgan fingerprint density at radius 1 is 1.24 bits per heavy atom. The second-order valence-electron chi connectivity index (χ2n) is 4.96. The molecule has 7 heteroatoms. The van der Waals surface area contributed by atoms with Crippen LogP contribution in [-0.4, -0.2) is 21.5 Å². The van der Waals surface area contributed by atoms with Crippen LogP contribution in [0.1, 0.15) is 22.5 Å². The minimum absolute atomic E-state index is 0.0217. The van der Waals surface area contributed by atoms with Gasteiger partial charge in [-0.15, -0.1) is 0 Å². The Balaban J connectivity index is 2.19. The molecule has 0 saturated heterocycles. The van der Waals surface area contributed by atoms with Crippen LogP contribution in [0.2, 0.25) is 0 Å². The van der Waals surface area contributed by atoms with Crippen molar-refractivity contribution in [2.24, 2.45) is 0 Å². The zero-order valence-corrected chi connectivity index (χ0v) is 11.3. The van der Waals surface area contributed by atoms with Gasteiger partial charge in [-0.25, -0.2) is 9.97 Å². The van der Waals surface area contributed by atoms with E-state index < -0.39 is 11.9 Å². The first-order chi connectivity index (χ1) is 9.95. The smallest absolute Gasteiger partial charge is 0.311 e. The molecule has 1 aliphatic heterocycles. The van der Waals surface area contributed by atoms with Gasteiger partial charge in [0.25, 0.3) is 0 Å². The summed E-state index contributed by atoms with van der Waals surface area (Å²) in [7, 11) is 0. The maximum atomic E-state index is 13.2. The zero-order chi connectivity index (χ0) is 15.0. The number of fused-ring (bicyclic) bond motifs is 1. The molecule has 0 spiro atoms. The lowest BCUT2D eigenvalue weighted by Gasteiger charge is -2.21. The third-order valence-electron chi connectivity index (χ3n) is 3.35. The fourth-order valence-electron chi connectivity index (χ4n) is 2.37. The molecule has 0 aliphatic carbocycles. The monoisotopic (exact) mass is 294 g/mol. The van der Waals surface area contributed by atoms with E-state index in [-0.39, 0.29) is 17.8 Å². The van der Waals surface area contributed by atoms with Crippen LogP contribution in [0.4, 0.5) is 13.2 Å². The van der Waals surface area contributed by atoms with E-state index in [1.54, 1.807) is 18.3 Å². The largest absolute Gasteiger partial charge is 0.433 e. The molecule has 4 nitrogen and oxygen atoms in total. The average Bonchev–Trinajstić information content (AvgIpc) is 2.45. The van der Waals surface area contributed by atoms with Crippen molar-refractivity contribution in [2.75, 3.05) is 6.54 Å². The zero-order valence-electron chi connectivity index (χ0n) is 11.3. The number of hydrogen-bond acceptors (Lipinski definition) is 4. The number of pyridine rings is 1. The average molecular weight is 294 g/mol. The van der Waals surface area contributed by atoms with Gasteiger partial charge in [-0.2, -0.15) is 13.2 Å². The van der Waals surface area contributed by atoms with Crippen LogP contribution < -0.4 is 5.32 Å². The Labute approximate surface area is 119 Å². The molecular formula is C14H13F3N4. The predicted octanol–water partition coefficient (Wildman–Crippen LogP) is 2.51. The molecule has 2 aromatic rings. The number of aromatic nitrogens is 3. The maximum Gasteiger partial charge on any atom is 0.433 e. The highest BCUT2D eigenvalue weighted by atomic mass is 19.4. The Hall–Kier alpha value is -2.02. The molecule has 0 unspecified atom stereocenters. The first-order valence-electron chi connectivity index (χ1n) is 6.56. The number of halogens is 3. The summed E-state index contributed by atoms with van der Waals surface area (Å²) < 4.78 is 39.7. The third-order valence-corrected chi connectivity index (χ3v) is 3.35. The van der Waals surface area contributed by atoms with Gasteiger partial charge in [0, 0.05) is 18.3 Å². The van der Waals surface area contributed by atoms with Crippen molar-refractivity contribution in [1.29, 1.82) is 0 Å². The Kier molecular flexibility index (Phi) is 3.36. The molecule has 0 radical (unpaired) electrons. The highest BCUT2D eigenvalue weighted by Gasteiger charge is 2.38. The normalized spacial score (nSPS) is 14.9. The van der Waals surface area contributed by atoms with Crippen molar-refractivity contribution < 1.29 is 13.2 Å². The molecule has 2 aromatic heterocycles. The highest BCUT2D eigenvalue weighted by Crippen LogP contribution is 2.33. The van der Waals surface area contributed by atoms with E-state index in [1.165, 1.54) is 0 Å². The summed E-state index contributed by atoms with van der Waals surface area (Å²) in [4.78, 5) is 12.1. The van der Waals surface area contributed by atoms with Crippen molar-refractivity contribution in [3.63, 3.8) is 0 Å². The van der Waals surface area contributed by atoms with Crippen molar-refractivity contribution in [3.05, 3.63) is 40.8 Å². The Bertz CT molecular complexity index is 682. The van der Waals surface area contributed by atoms with E-state index >= 15 is 0 Å². The van der Waals surface area contributed by atoms with Crippen molar-refractivity contribution in [3.8, 4) is 11.5 Å². The van der Waals surface area contributed by atoms with E-state index in [1.807, 2.05) is 6.92 Å². The van der Waals surface area contributed by atoms with E-state index in [4.69, 9.17) is 0 Å². The molecular weight excluding hydrogens is 281 g/mol. The Morgan fingerprint density at radius 3 is 2.76 bits per heavy atom. The van der Waals surface area contributed by atoms with E-state index in [0.29, 0.717) is 24.5 Å². The first kappa shape index (κ1) is 13.9. The Morgan fingerprint density at radius 2 is 2.05 bits per heavy atom. The molecule has 1 N–H and O–H groups in total. The van der Waals surface area contributed by atoms with Crippen LogP contribution in [0.5, 0.6) is 0 Å². The van der Waals surface area contributed by atoms with Crippen LogP contribution in [0, 0.1) is 6.92 Å². The second kappa shape index (κ2) is 5.07. The molecule has 0 bridgehead atoms. The van der Waals surface area contributed by atoms with Crippen molar-refractivity contribution in [1.82, 2.24) is 20.3 Å². The van der Waals surface area contributed by atoms with Gasteiger partial charge in [0.2, 0.25) is 0 Å². The summed E-state index contributed by atoms with van der Waals surface area (Å²) in [5, 5.41) is 3.03. The van der Waals surface area contributed by atoms with Crippen molar-refractivity contribution in [2.45, 2.75) is 26.1 Å². The minimum Gasteiger partial charge on any atom is -0.311 e. The summed E-state index contributed by atoms with van der Waals surface area (Å²) in [6, 6.07) is 3.45. The molecule has 1 aliphatic rings. The number of alkyl halides is 3. The molecule has 110 valence electrons. The second-order valence-corrected chi connectivity index (χ2v) is 4.96. The summed E-state index contributed by atoms with van der Waals surface area (Å²) >= 11 is 0. The van der Waals surface area contributed by atoms with Crippen LogP contribution in [0.3, 0.4) is 0 Å². The lowest BCUT2D eigenvalue weighted by atomic mass is 10.0. The SMILES string of the molecule is Cc1ccnc(-c2nc3c(c(C(F)(F)F)n2)CCNC3)c1. The number of nitrogens with zero attached hydrogens (tertiary/aromatic N) is 3. The van der Waals surface area contributed by atoms with Gasteiger partial charge in [0.15, 0.2) is 11.5 Å². The number of hydrogen-bond donors (Lipinski definition) is 1. The number of rotatable bonds is 1. The predicted molar refractivity (Wildman–Crippen MR) is 70.4 cm³/mol. The fraction of sp³-hybridized carbons (Fsp3) is 0.357. The standard InChI is InChI=1S/C14H13F3N4/c1-8-2-5-19-10(6-8)13-20-11-7-18-4-3-9(11)12(21-13)14(15,16)17/h2,5-6,18H,3-4,7H2,1H3. The highest BCUT2D eigenvalue weighted by molar-refractivity contribution is 5.52. The first-order valence-corrected chi connectivity index (χ1v) is 6.56. The lowest BCUT2D eigenvalue weighted by molar-refractivity contribution is -0.142. The quantitative estimate of drug-likeness (QED) is 0.878. The van der Waals surface area contributed by atoms with Gasteiger partial charge < -0.3 is 5.32 Å². The molecule has 3 rings (SSSR count). The number of nitrogens with one attached hydrogen (secondary N) is 1.